The van der Waals surface area contributed by atoms with E-state index in [0.29, 0.717) is 17.9 Å². The van der Waals surface area contributed by atoms with Gasteiger partial charge in [-0.2, -0.15) is 0 Å². The van der Waals surface area contributed by atoms with E-state index in [4.69, 9.17) is 4.74 Å². The van der Waals surface area contributed by atoms with Crippen molar-refractivity contribution in [3.63, 3.8) is 0 Å². The van der Waals surface area contributed by atoms with E-state index in [1.807, 2.05) is 11.9 Å². The number of ether oxygens (including phenoxy) is 1. The minimum Gasteiger partial charge on any atom is -0.376 e. The highest BCUT2D eigenvalue weighted by molar-refractivity contribution is 5.78. The van der Waals surface area contributed by atoms with Gasteiger partial charge in [-0.15, -0.1) is 0 Å². The largest absolute Gasteiger partial charge is 0.376 e. The lowest BCUT2D eigenvalue weighted by molar-refractivity contribution is -0.135. The summed E-state index contributed by atoms with van der Waals surface area (Å²) in [6, 6.07) is 0. The molecule has 0 aromatic rings. The molecule has 15 heavy (non-hydrogen) atoms. The van der Waals surface area contributed by atoms with E-state index in [1.165, 1.54) is 12.8 Å². The summed E-state index contributed by atoms with van der Waals surface area (Å²) in [5.41, 5.74) is 0. The van der Waals surface area contributed by atoms with Gasteiger partial charge in [0.2, 0.25) is 5.91 Å². The van der Waals surface area contributed by atoms with Gasteiger partial charge in [0, 0.05) is 26.1 Å². The highest BCUT2D eigenvalue weighted by atomic mass is 16.5. The number of amides is 1. The van der Waals surface area contributed by atoms with Crippen LogP contribution < -0.4 is 0 Å². The van der Waals surface area contributed by atoms with Crippen molar-refractivity contribution in [1.29, 1.82) is 0 Å². The smallest absolute Gasteiger partial charge is 0.225 e. The predicted octanol–water partition coefficient (Wildman–Crippen LogP) is 1.81. The van der Waals surface area contributed by atoms with E-state index in [0.717, 1.165) is 38.8 Å². The molecule has 1 atom stereocenters. The summed E-state index contributed by atoms with van der Waals surface area (Å²) in [5.74, 6) is 0.638. The van der Waals surface area contributed by atoms with E-state index in [9.17, 15) is 4.79 Å². The van der Waals surface area contributed by atoms with Crippen molar-refractivity contribution in [2.24, 2.45) is 5.92 Å². The molecule has 0 bridgehead atoms. The van der Waals surface area contributed by atoms with Gasteiger partial charge >= 0.3 is 0 Å². The summed E-state index contributed by atoms with van der Waals surface area (Å²) in [6.07, 6.45) is 7.19. The van der Waals surface area contributed by atoms with Crippen LogP contribution in [0, 0.1) is 5.92 Å². The first-order chi connectivity index (χ1) is 7.27. The van der Waals surface area contributed by atoms with Gasteiger partial charge in [0.15, 0.2) is 0 Å². The Morgan fingerprint density at radius 3 is 2.60 bits per heavy atom. The zero-order valence-electron chi connectivity index (χ0n) is 9.58. The number of rotatable bonds is 3. The maximum atomic E-state index is 12.0. The number of hydrogen-bond acceptors (Lipinski definition) is 2. The number of hydrogen-bond donors (Lipinski definition) is 0. The Balaban J connectivity index is 1.78. The molecule has 0 N–H and O–H groups in total. The van der Waals surface area contributed by atoms with Crippen molar-refractivity contribution in [2.75, 3.05) is 20.2 Å². The molecule has 2 rings (SSSR count). The van der Waals surface area contributed by atoms with Crippen molar-refractivity contribution in [1.82, 2.24) is 4.90 Å². The lowest BCUT2D eigenvalue weighted by Crippen LogP contribution is -2.37. The molecule has 0 spiro atoms. The molecule has 1 unspecified atom stereocenters. The molecule has 0 aromatic heterocycles. The second-order valence-electron chi connectivity index (χ2n) is 4.84. The molecule has 1 heterocycles. The first kappa shape index (κ1) is 10.9. The van der Waals surface area contributed by atoms with E-state index in [2.05, 4.69) is 0 Å². The summed E-state index contributed by atoms with van der Waals surface area (Å²) < 4.78 is 5.54. The zero-order valence-corrected chi connectivity index (χ0v) is 9.58. The van der Waals surface area contributed by atoms with Crippen LogP contribution in [-0.4, -0.2) is 37.1 Å². The number of nitrogens with zero attached hydrogens (tertiary/aromatic N) is 1. The van der Waals surface area contributed by atoms with Gasteiger partial charge in [-0.05, 0) is 25.7 Å². The number of carbonyl (C=O) groups excluding carboxylic acids is 1. The normalized spacial score (nSPS) is 27.1. The summed E-state index contributed by atoms with van der Waals surface area (Å²) in [6.45, 7) is 1.66. The van der Waals surface area contributed by atoms with Crippen LogP contribution in [0.4, 0.5) is 0 Å². The summed E-state index contributed by atoms with van der Waals surface area (Å²) in [4.78, 5) is 13.9. The Kier molecular flexibility index (Phi) is 3.62. The molecular weight excluding hydrogens is 190 g/mol. The van der Waals surface area contributed by atoms with Crippen molar-refractivity contribution in [3.05, 3.63) is 0 Å². The molecule has 1 saturated carbocycles. The zero-order chi connectivity index (χ0) is 10.7. The maximum Gasteiger partial charge on any atom is 0.225 e. The highest BCUT2D eigenvalue weighted by Gasteiger charge is 2.27. The highest BCUT2D eigenvalue weighted by Crippen LogP contribution is 2.26. The van der Waals surface area contributed by atoms with Crippen LogP contribution in [0.25, 0.3) is 0 Å². The first-order valence-corrected chi connectivity index (χ1v) is 6.14. The fourth-order valence-corrected chi connectivity index (χ4v) is 2.67. The monoisotopic (exact) mass is 211 g/mol. The fraction of sp³-hybridized carbons (Fsp3) is 0.917. The van der Waals surface area contributed by atoms with Gasteiger partial charge in [-0.1, -0.05) is 12.8 Å². The lowest BCUT2D eigenvalue weighted by Gasteiger charge is -2.23. The van der Waals surface area contributed by atoms with Crippen LogP contribution >= 0.6 is 0 Å². The molecule has 86 valence electrons. The SMILES string of the molecule is CN(CC1CCCO1)C(=O)C1CCCC1. The van der Waals surface area contributed by atoms with Gasteiger partial charge in [0.1, 0.15) is 0 Å². The summed E-state index contributed by atoms with van der Waals surface area (Å²) in [5, 5.41) is 0. The minimum atomic E-state index is 0.292. The lowest BCUT2D eigenvalue weighted by atomic mass is 10.1. The second kappa shape index (κ2) is 4.97. The van der Waals surface area contributed by atoms with E-state index in [-0.39, 0.29) is 0 Å². The molecule has 0 aromatic carbocycles. The Bertz CT molecular complexity index is 218. The number of carbonyl (C=O) groups is 1. The Morgan fingerprint density at radius 2 is 2.00 bits per heavy atom. The molecule has 3 nitrogen and oxygen atoms in total. The van der Waals surface area contributed by atoms with Crippen LogP contribution in [0.5, 0.6) is 0 Å². The topological polar surface area (TPSA) is 29.5 Å². The van der Waals surface area contributed by atoms with Crippen molar-refractivity contribution in [2.45, 2.75) is 44.6 Å². The Labute approximate surface area is 91.8 Å². The second-order valence-corrected chi connectivity index (χ2v) is 4.84. The minimum absolute atomic E-state index is 0.292. The van der Waals surface area contributed by atoms with Gasteiger partial charge in [-0.3, -0.25) is 4.79 Å². The number of likely N-dealkylation sites (N-methyl/N-ethyl adjacent to an activating group) is 1. The average Bonchev–Trinajstić information content (AvgIpc) is 2.88. The third-order valence-corrected chi connectivity index (χ3v) is 3.58. The van der Waals surface area contributed by atoms with E-state index < -0.39 is 0 Å². The Hall–Kier alpha value is -0.570. The van der Waals surface area contributed by atoms with Gasteiger partial charge in [0.25, 0.3) is 0 Å². The molecule has 0 radical (unpaired) electrons. The third-order valence-electron chi connectivity index (χ3n) is 3.58. The van der Waals surface area contributed by atoms with Gasteiger partial charge in [0.05, 0.1) is 6.10 Å². The standard InChI is InChI=1S/C12H21NO2/c1-13(9-11-7-4-8-15-11)12(14)10-5-2-3-6-10/h10-11H,2-9H2,1H3. The maximum absolute atomic E-state index is 12.0. The van der Waals surface area contributed by atoms with Gasteiger partial charge in [-0.25, -0.2) is 0 Å². The molecule has 1 amide bonds. The van der Waals surface area contributed by atoms with Crippen LogP contribution in [-0.2, 0) is 9.53 Å². The van der Waals surface area contributed by atoms with Crippen LogP contribution in [0.3, 0.4) is 0 Å². The predicted molar refractivity (Wildman–Crippen MR) is 58.6 cm³/mol. The van der Waals surface area contributed by atoms with Crippen molar-refractivity contribution < 1.29 is 9.53 Å². The summed E-state index contributed by atoms with van der Waals surface area (Å²) in [7, 11) is 1.92. The quantitative estimate of drug-likeness (QED) is 0.712. The molecule has 1 aliphatic carbocycles. The molecule has 2 aliphatic rings. The molecule has 2 fully saturated rings. The molecule has 3 heteroatoms. The third kappa shape index (κ3) is 2.71. The average molecular weight is 211 g/mol. The van der Waals surface area contributed by atoms with Crippen LogP contribution in [0.1, 0.15) is 38.5 Å². The van der Waals surface area contributed by atoms with Crippen LogP contribution in [0.15, 0.2) is 0 Å². The fourth-order valence-electron chi connectivity index (χ4n) is 2.67. The van der Waals surface area contributed by atoms with Gasteiger partial charge < -0.3 is 9.64 Å². The first-order valence-electron chi connectivity index (χ1n) is 6.14. The molecule has 1 saturated heterocycles. The molecular formula is C12H21NO2. The molecule has 1 aliphatic heterocycles. The Morgan fingerprint density at radius 1 is 1.27 bits per heavy atom. The van der Waals surface area contributed by atoms with Crippen molar-refractivity contribution in [3.8, 4) is 0 Å². The van der Waals surface area contributed by atoms with Crippen molar-refractivity contribution >= 4 is 5.91 Å². The van der Waals surface area contributed by atoms with E-state index in [1.54, 1.807) is 0 Å². The van der Waals surface area contributed by atoms with Crippen LogP contribution in [0.2, 0.25) is 0 Å². The summed E-state index contributed by atoms with van der Waals surface area (Å²) >= 11 is 0. The van der Waals surface area contributed by atoms with E-state index >= 15 is 0 Å².